The third-order valence-electron chi connectivity index (χ3n) is 7.85. The van der Waals surface area contributed by atoms with Crippen molar-refractivity contribution in [3.05, 3.63) is 81.5 Å². The Hall–Kier alpha value is -2.66. The van der Waals surface area contributed by atoms with Crippen LogP contribution in [-0.4, -0.2) is 30.5 Å². The van der Waals surface area contributed by atoms with E-state index in [4.69, 9.17) is 33.1 Å². The molecule has 8 heteroatoms. The first kappa shape index (κ1) is 39.4. The highest BCUT2D eigenvalue weighted by molar-refractivity contribution is 6.32. The summed E-state index contributed by atoms with van der Waals surface area (Å²) in [5.41, 5.74) is 9.99. The second kappa shape index (κ2) is 21.1. The van der Waals surface area contributed by atoms with Crippen LogP contribution in [0.1, 0.15) is 103 Å². The number of allylic oxidation sites excluding steroid dienone is 4. The van der Waals surface area contributed by atoms with E-state index in [9.17, 15) is 5.26 Å². The highest BCUT2D eigenvalue weighted by Crippen LogP contribution is 2.38. The highest BCUT2D eigenvalue weighted by Gasteiger charge is 2.26. The second-order valence-corrected chi connectivity index (χ2v) is 12.2. The number of hydrogen-bond acceptors (Lipinski definition) is 6. The minimum absolute atomic E-state index is 0.296. The molecule has 2 unspecified atom stereocenters. The van der Waals surface area contributed by atoms with Gasteiger partial charge in [0.05, 0.1) is 16.5 Å². The van der Waals surface area contributed by atoms with Crippen LogP contribution in [0.4, 0.5) is 0 Å². The van der Waals surface area contributed by atoms with E-state index in [0.29, 0.717) is 34.7 Å². The van der Waals surface area contributed by atoms with Gasteiger partial charge in [-0.15, -0.1) is 17.2 Å². The largest absolute Gasteiger partial charge is 0.489 e. The third-order valence-corrected chi connectivity index (χ3v) is 8.28. The molecular formula is C36H52Cl2N4O2. The van der Waals surface area contributed by atoms with Crippen LogP contribution in [0.15, 0.2) is 59.2 Å². The lowest BCUT2D eigenvalue weighted by atomic mass is 9.77. The fourth-order valence-corrected chi connectivity index (χ4v) is 5.08. The molecule has 2 atom stereocenters. The van der Waals surface area contributed by atoms with Gasteiger partial charge in [-0.05, 0) is 72.9 Å². The zero-order valence-electron chi connectivity index (χ0n) is 27.8. The van der Waals surface area contributed by atoms with E-state index in [-0.39, 0.29) is 5.41 Å². The average Bonchev–Trinajstić information content (AvgIpc) is 3.02. The zero-order valence-corrected chi connectivity index (χ0v) is 29.3. The quantitative estimate of drug-likeness (QED) is 0.0963. The lowest BCUT2D eigenvalue weighted by Crippen LogP contribution is -2.33. The Balaban J connectivity index is 0.000000681. The van der Waals surface area contributed by atoms with Crippen LogP contribution in [0.5, 0.6) is 5.75 Å². The van der Waals surface area contributed by atoms with Gasteiger partial charge in [0.2, 0.25) is 0 Å². The van der Waals surface area contributed by atoms with Crippen molar-refractivity contribution in [1.82, 2.24) is 11.0 Å². The predicted octanol–water partition coefficient (Wildman–Crippen LogP) is 9.88. The van der Waals surface area contributed by atoms with Crippen LogP contribution < -0.4 is 15.8 Å². The summed E-state index contributed by atoms with van der Waals surface area (Å²) in [6.07, 6.45) is 10.7. The number of alkyl halides is 1. The van der Waals surface area contributed by atoms with Crippen molar-refractivity contribution >= 4 is 35.0 Å². The van der Waals surface area contributed by atoms with Crippen molar-refractivity contribution in [1.29, 1.82) is 5.26 Å². The Morgan fingerprint density at radius 2 is 1.82 bits per heavy atom. The van der Waals surface area contributed by atoms with Crippen molar-refractivity contribution in [2.45, 2.75) is 86.5 Å². The van der Waals surface area contributed by atoms with Crippen molar-refractivity contribution in [3.8, 4) is 11.8 Å². The van der Waals surface area contributed by atoms with E-state index in [2.05, 4.69) is 94.4 Å². The third kappa shape index (κ3) is 12.8. The van der Waals surface area contributed by atoms with Crippen LogP contribution in [0.25, 0.3) is 5.57 Å². The molecule has 0 amide bonds. The van der Waals surface area contributed by atoms with Gasteiger partial charge in [-0.25, -0.2) is 5.43 Å². The van der Waals surface area contributed by atoms with E-state index >= 15 is 0 Å². The van der Waals surface area contributed by atoms with Crippen LogP contribution >= 0.6 is 23.2 Å². The number of nitriles is 1. The summed E-state index contributed by atoms with van der Waals surface area (Å²) in [7, 11) is 0. The molecule has 0 saturated carbocycles. The van der Waals surface area contributed by atoms with Crippen molar-refractivity contribution in [2.75, 3.05) is 19.0 Å². The first-order chi connectivity index (χ1) is 21.0. The van der Waals surface area contributed by atoms with Gasteiger partial charge >= 0.3 is 0 Å². The number of ether oxygens (including phenoxy) is 1. The molecule has 0 fully saturated rings. The summed E-state index contributed by atoms with van der Waals surface area (Å²) >= 11 is 12.2. The predicted molar refractivity (Wildman–Crippen MR) is 188 cm³/mol. The number of benzene rings is 2. The molecule has 2 aromatic carbocycles. The van der Waals surface area contributed by atoms with Crippen LogP contribution in [0.3, 0.4) is 0 Å². The molecule has 0 aromatic heterocycles. The maximum absolute atomic E-state index is 9.61. The number of hydrogen-bond donors (Lipinski definition) is 3. The molecule has 0 spiro atoms. The first-order valence-corrected chi connectivity index (χ1v) is 16.5. The summed E-state index contributed by atoms with van der Waals surface area (Å²) in [4.78, 5) is 4.54. The molecule has 0 saturated heterocycles. The van der Waals surface area contributed by atoms with Gasteiger partial charge in [0.15, 0.2) is 5.75 Å². The summed E-state index contributed by atoms with van der Waals surface area (Å²) in [6, 6.07) is 14.3. The van der Waals surface area contributed by atoms with Crippen LogP contribution in [0.2, 0.25) is 5.02 Å². The number of nitrogens with one attached hydrogen (secondary N) is 2. The maximum Gasteiger partial charge on any atom is 0.155 e. The Bertz CT molecular complexity index is 1260. The molecule has 0 bridgehead atoms. The smallest absolute Gasteiger partial charge is 0.155 e. The molecule has 0 heterocycles. The number of halogens is 2. The summed E-state index contributed by atoms with van der Waals surface area (Å²) in [5.74, 6) is 2.16. The lowest BCUT2D eigenvalue weighted by molar-refractivity contribution is 0.111. The molecule has 0 radical (unpaired) electrons. The van der Waals surface area contributed by atoms with Gasteiger partial charge in [-0.1, -0.05) is 102 Å². The standard InChI is InChI=1S/C27H30Cl2N2O.C9H22N2O/c1-6-8-19(3)31-18-20(7-2)21-9-11-23(12-10-21)27(4,5)24-15-22(17-30)26(25(29)16-24)32-14-13-28;1-4-8(3)6-9(5-2)7-10-11-12/h7-12,15-16,18H,6,13-14H2,1-5H3;8-12H,4-7H2,1-3H3/b19-8+,20-7+,31-18+;. The van der Waals surface area contributed by atoms with E-state index in [0.717, 1.165) is 46.8 Å². The average molecular weight is 644 g/mol. The summed E-state index contributed by atoms with van der Waals surface area (Å²) in [6.45, 7) is 18.2. The van der Waals surface area contributed by atoms with Crippen LogP contribution in [0, 0.1) is 23.2 Å². The fraction of sp³-hybridized carbons (Fsp3) is 0.500. The molecule has 3 N–H and O–H groups in total. The summed E-state index contributed by atoms with van der Waals surface area (Å²) in [5, 5.41) is 18.4. The van der Waals surface area contributed by atoms with Gasteiger partial charge in [0.25, 0.3) is 0 Å². The number of nitrogens with zero attached hydrogens (tertiary/aromatic N) is 2. The minimum Gasteiger partial charge on any atom is -0.489 e. The first-order valence-electron chi connectivity index (χ1n) is 15.5. The number of hydrazine groups is 1. The van der Waals surface area contributed by atoms with Gasteiger partial charge in [-0.3, -0.25) is 4.99 Å². The maximum atomic E-state index is 9.61. The Kier molecular flexibility index (Phi) is 18.9. The van der Waals surface area contributed by atoms with Crippen LogP contribution in [-0.2, 0) is 5.41 Å². The van der Waals surface area contributed by atoms with Gasteiger partial charge in [0, 0.05) is 23.9 Å². The molecule has 242 valence electrons. The van der Waals surface area contributed by atoms with E-state index in [1.807, 2.05) is 37.8 Å². The zero-order chi connectivity index (χ0) is 33.1. The van der Waals surface area contributed by atoms with E-state index < -0.39 is 0 Å². The molecule has 44 heavy (non-hydrogen) atoms. The monoisotopic (exact) mass is 642 g/mol. The topological polar surface area (TPSA) is 89.7 Å². The minimum atomic E-state index is -0.358. The van der Waals surface area contributed by atoms with E-state index in [1.54, 1.807) is 0 Å². The molecule has 0 aliphatic heterocycles. The fourth-order valence-electron chi connectivity index (χ4n) is 4.73. The molecule has 2 aromatic rings. The molecule has 6 nitrogen and oxygen atoms in total. The van der Waals surface area contributed by atoms with E-state index in [1.165, 1.54) is 19.3 Å². The Labute approximate surface area is 276 Å². The van der Waals surface area contributed by atoms with Crippen molar-refractivity contribution < 1.29 is 9.94 Å². The van der Waals surface area contributed by atoms with Crippen molar-refractivity contribution in [2.24, 2.45) is 16.8 Å². The molecule has 0 aliphatic rings. The van der Waals surface area contributed by atoms with Gasteiger partial charge < -0.3 is 9.94 Å². The van der Waals surface area contributed by atoms with Gasteiger partial charge in [0.1, 0.15) is 12.7 Å². The molecule has 2 rings (SSSR count). The molecule has 0 aliphatic carbocycles. The normalized spacial score (nSPS) is 13.7. The number of aliphatic imine (C=N–C) groups is 1. The SMILES string of the molecule is CCC(C)CC(CC)CNNO.C\C=C(/C=N/C(C)=C/CC)c1ccc(C(C)(C)c2cc(Cl)c(OCCCl)c(C#N)c2)cc1. The highest BCUT2D eigenvalue weighted by atomic mass is 35.5. The second-order valence-electron chi connectivity index (χ2n) is 11.5. The lowest BCUT2D eigenvalue weighted by Gasteiger charge is -2.27. The summed E-state index contributed by atoms with van der Waals surface area (Å²) < 4.78 is 5.58. The Morgan fingerprint density at radius 1 is 1.14 bits per heavy atom. The van der Waals surface area contributed by atoms with Crippen molar-refractivity contribution in [3.63, 3.8) is 0 Å². The number of rotatable bonds is 16. The molecular weight excluding hydrogens is 591 g/mol. The Morgan fingerprint density at radius 3 is 2.34 bits per heavy atom. The van der Waals surface area contributed by atoms with Gasteiger partial charge in [-0.2, -0.15) is 5.26 Å².